The third-order valence-corrected chi connectivity index (χ3v) is 2.47. The van der Waals surface area contributed by atoms with Crippen molar-refractivity contribution < 1.29 is 18.3 Å². The molecule has 20 heavy (non-hydrogen) atoms. The van der Waals surface area contributed by atoms with Crippen LogP contribution in [0.1, 0.15) is 5.56 Å². The van der Waals surface area contributed by atoms with E-state index in [0.29, 0.717) is 11.3 Å². The molecule has 0 radical (unpaired) electrons. The SMILES string of the molecule is N#Cc1cccc(OCCOc2ccc(F)cc2F)c1. The van der Waals surface area contributed by atoms with Crippen molar-refractivity contribution in [2.45, 2.75) is 0 Å². The summed E-state index contributed by atoms with van der Waals surface area (Å²) in [5.74, 6) is -0.899. The molecular formula is C15H11F2NO2. The monoisotopic (exact) mass is 275 g/mol. The summed E-state index contributed by atoms with van der Waals surface area (Å²) in [7, 11) is 0. The number of ether oxygens (including phenoxy) is 2. The average Bonchev–Trinajstić information content (AvgIpc) is 2.45. The van der Waals surface area contributed by atoms with Gasteiger partial charge in [0.15, 0.2) is 11.6 Å². The van der Waals surface area contributed by atoms with Crippen molar-refractivity contribution in [3.63, 3.8) is 0 Å². The van der Waals surface area contributed by atoms with E-state index < -0.39 is 11.6 Å². The first-order chi connectivity index (χ1) is 9.69. The highest BCUT2D eigenvalue weighted by molar-refractivity contribution is 5.36. The van der Waals surface area contributed by atoms with Crippen molar-refractivity contribution in [1.82, 2.24) is 0 Å². The number of nitriles is 1. The first-order valence-corrected chi connectivity index (χ1v) is 5.90. The Bertz CT molecular complexity index is 638. The predicted octanol–water partition coefficient (Wildman–Crippen LogP) is 3.29. The molecule has 0 aliphatic heterocycles. The highest BCUT2D eigenvalue weighted by atomic mass is 19.1. The number of halogens is 2. The van der Waals surface area contributed by atoms with Gasteiger partial charge in [-0.1, -0.05) is 6.07 Å². The van der Waals surface area contributed by atoms with E-state index in [0.717, 1.165) is 12.1 Å². The molecular weight excluding hydrogens is 264 g/mol. The van der Waals surface area contributed by atoms with Gasteiger partial charge in [-0.25, -0.2) is 8.78 Å². The largest absolute Gasteiger partial charge is 0.490 e. The lowest BCUT2D eigenvalue weighted by Gasteiger charge is -2.09. The van der Waals surface area contributed by atoms with Gasteiger partial charge in [0.1, 0.15) is 24.8 Å². The topological polar surface area (TPSA) is 42.2 Å². The van der Waals surface area contributed by atoms with Crippen LogP contribution in [0, 0.1) is 23.0 Å². The van der Waals surface area contributed by atoms with E-state index in [4.69, 9.17) is 14.7 Å². The first-order valence-electron chi connectivity index (χ1n) is 5.90. The van der Waals surface area contributed by atoms with Gasteiger partial charge in [0.25, 0.3) is 0 Å². The molecule has 0 atom stereocenters. The lowest BCUT2D eigenvalue weighted by atomic mass is 10.2. The quantitative estimate of drug-likeness (QED) is 0.786. The van der Waals surface area contributed by atoms with Crippen molar-refractivity contribution in [1.29, 1.82) is 5.26 Å². The maximum atomic E-state index is 13.3. The van der Waals surface area contributed by atoms with Crippen LogP contribution in [0.25, 0.3) is 0 Å². The predicted molar refractivity (Wildman–Crippen MR) is 68.5 cm³/mol. The van der Waals surface area contributed by atoms with Crippen molar-refractivity contribution in [2.24, 2.45) is 0 Å². The van der Waals surface area contributed by atoms with Crippen molar-refractivity contribution >= 4 is 0 Å². The molecule has 0 bridgehead atoms. The summed E-state index contributed by atoms with van der Waals surface area (Å²) in [6, 6.07) is 11.8. The molecule has 0 saturated carbocycles. The van der Waals surface area contributed by atoms with E-state index in [-0.39, 0.29) is 19.0 Å². The Balaban J connectivity index is 1.83. The van der Waals surface area contributed by atoms with Crippen LogP contribution < -0.4 is 9.47 Å². The van der Waals surface area contributed by atoms with Gasteiger partial charge in [-0.2, -0.15) is 5.26 Å². The summed E-state index contributed by atoms with van der Waals surface area (Å²) in [6.45, 7) is 0.297. The van der Waals surface area contributed by atoms with E-state index >= 15 is 0 Å². The number of hydrogen-bond donors (Lipinski definition) is 0. The van der Waals surface area contributed by atoms with Crippen molar-refractivity contribution in [3.05, 3.63) is 59.7 Å². The molecule has 0 fully saturated rings. The molecule has 0 heterocycles. The van der Waals surface area contributed by atoms with E-state index in [2.05, 4.69) is 0 Å². The van der Waals surface area contributed by atoms with Crippen LogP contribution in [0.5, 0.6) is 11.5 Å². The number of rotatable bonds is 5. The fourth-order valence-corrected chi connectivity index (χ4v) is 1.56. The van der Waals surface area contributed by atoms with Gasteiger partial charge < -0.3 is 9.47 Å². The molecule has 0 aliphatic carbocycles. The van der Waals surface area contributed by atoms with Crippen LogP contribution in [0.4, 0.5) is 8.78 Å². The molecule has 2 rings (SSSR count). The van der Waals surface area contributed by atoms with E-state index in [1.807, 2.05) is 6.07 Å². The van der Waals surface area contributed by atoms with Crippen LogP contribution >= 0.6 is 0 Å². The Labute approximate surface area is 115 Å². The Morgan fingerprint density at radius 2 is 1.80 bits per heavy atom. The zero-order valence-electron chi connectivity index (χ0n) is 10.5. The first kappa shape index (κ1) is 13.8. The Morgan fingerprint density at radius 3 is 2.55 bits per heavy atom. The minimum absolute atomic E-state index is 0.0271. The molecule has 0 unspecified atom stereocenters. The summed E-state index contributed by atoms with van der Waals surface area (Å²) in [4.78, 5) is 0. The third kappa shape index (κ3) is 3.69. The normalized spacial score (nSPS) is 9.85. The van der Waals surface area contributed by atoms with E-state index in [9.17, 15) is 8.78 Å². The van der Waals surface area contributed by atoms with Gasteiger partial charge in [-0.05, 0) is 30.3 Å². The fraction of sp³-hybridized carbons (Fsp3) is 0.133. The molecule has 0 saturated heterocycles. The summed E-state index contributed by atoms with van der Waals surface area (Å²) in [5.41, 5.74) is 0.494. The highest BCUT2D eigenvalue weighted by Crippen LogP contribution is 2.17. The number of hydrogen-bond acceptors (Lipinski definition) is 3. The van der Waals surface area contributed by atoms with Crippen molar-refractivity contribution in [3.8, 4) is 17.6 Å². The van der Waals surface area contributed by atoms with Gasteiger partial charge >= 0.3 is 0 Å². The molecule has 2 aromatic rings. The minimum atomic E-state index is -0.753. The zero-order valence-corrected chi connectivity index (χ0v) is 10.5. The molecule has 5 heteroatoms. The molecule has 0 aromatic heterocycles. The lowest BCUT2D eigenvalue weighted by molar-refractivity contribution is 0.211. The Kier molecular flexibility index (Phi) is 4.51. The third-order valence-electron chi connectivity index (χ3n) is 2.47. The van der Waals surface area contributed by atoms with Gasteiger partial charge in [0.05, 0.1) is 11.6 Å². The molecule has 3 nitrogen and oxygen atoms in total. The van der Waals surface area contributed by atoms with Gasteiger partial charge in [0, 0.05) is 6.07 Å². The fourth-order valence-electron chi connectivity index (χ4n) is 1.56. The van der Waals surface area contributed by atoms with Crippen LogP contribution in [0.2, 0.25) is 0 Å². The summed E-state index contributed by atoms with van der Waals surface area (Å²) < 4.78 is 36.4. The maximum absolute atomic E-state index is 13.3. The summed E-state index contributed by atoms with van der Waals surface area (Å²) >= 11 is 0. The molecule has 0 N–H and O–H groups in total. The van der Waals surface area contributed by atoms with Gasteiger partial charge in [-0.3, -0.25) is 0 Å². The molecule has 0 aliphatic rings. The van der Waals surface area contributed by atoms with Crippen LogP contribution in [0.3, 0.4) is 0 Å². The second kappa shape index (κ2) is 6.53. The van der Waals surface area contributed by atoms with Crippen molar-refractivity contribution in [2.75, 3.05) is 13.2 Å². The van der Waals surface area contributed by atoms with Crippen LogP contribution in [0.15, 0.2) is 42.5 Å². The van der Waals surface area contributed by atoms with Crippen LogP contribution in [-0.2, 0) is 0 Å². The smallest absolute Gasteiger partial charge is 0.167 e. The summed E-state index contributed by atoms with van der Waals surface area (Å²) in [5, 5.41) is 8.73. The molecule has 102 valence electrons. The molecule has 2 aromatic carbocycles. The Morgan fingerprint density at radius 1 is 1.00 bits per heavy atom. The average molecular weight is 275 g/mol. The Hall–Kier alpha value is -2.61. The van der Waals surface area contributed by atoms with E-state index in [1.165, 1.54) is 6.07 Å². The summed E-state index contributed by atoms with van der Waals surface area (Å²) in [6.07, 6.45) is 0. The highest BCUT2D eigenvalue weighted by Gasteiger charge is 2.04. The number of nitrogens with zero attached hydrogens (tertiary/aromatic N) is 1. The standard InChI is InChI=1S/C15H11F2NO2/c16-12-4-5-15(14(17)9-12)20-7-6-19-13-3-1-2-11(8-13)10-18/h1-5,8-9H,6-7H2. The lowest BCUT2D eigenvalue weighted by Crippen LogP contribution is -2.09. The second-order valence-corrected chi connectivity index (χ2v) is 3.91. The minimum Gasteiger partial charge on any atom is -0.490 e. The molecule has 0 amide bonds. The van der Waals surface area contributed by atoms with Gasteiger partial charge in [-0.15, -0.1) is 0 Å². The number of benzene rings is 2. The zero-order chi connectivity index (χ0) is 14.4. The van der Waals surface area contributed by atoms with Gasteiger partial charge in [0.2, 0.25) is 0 Å². The van der Waals surface area contributed by atoms with E-state index in [1.54, 1.807) is 24.3 Å². The maximum Gasteiger partial charge on any atom is 0.167 e. The second-order valence-electron chi connectivity index (χ2n) is 3.91. The molecule has 0 spiro atoms. The van der Waals surface area contributed by atoms with Crippen LogP contribution in [-0.4, -0.2) is 13.2 Å².